The number of carbonyl (C=O) groups excluding carboxylic acids is 1. The van der Waals surface area contributed by atoms with Crippen molar-refractivity contribution < 1.29 is 9.90 Å². The molecule has 8 rings (SSSR count). The maximum absolute atomic E-state index is 12.7. The largest absolute Gasteiger partial charge is 0.512 e. The molecule has 0 bridgehead atoms. The van der Waals surface area contributed by atoms with E-state index in [1.54, 1.807) is 0 Å². The first-order valence-corrected chi connectivity index (χ1v) is 18.9. The van der Waals surface area contributed by atoms with E-state index in [2.05, 4.69) is 143 Å². The van der Waals surface area contributed by atoms with Gasteiger partial charge in [0.15, 0.2) is 5.78 Å². The second-order valence-corrected chi connectivity index (χ2v) is 13.9. The molecule has 6 aromatic carbocycles. The van der Waals surface area contributed by atoms with Crippen molar-refractivity contribution in [2.75, 3.05) is 0 Å². The Morgan fingerprint density at radius 2 is 0.839 bits per heavy atom. The third-order valence-electron chi connectivity index (χ3n) is 10.1. The number of rotatable bonds is 11. The number of ketones is 1. The molecule has 0 aliphatic rings. The number of aromatic nitrogens is 2. The Morgan fingerprint density at radius 3 is 1.27 bits per heavy atom. The fourth-order valence-electron chi connectivity index (χ4n) is 7.36. The van der Waals surface area contributed by atoms with Crippen molar-refractivity contribution in [1.82, 2.24) is 9.97 Å². The van der Waals surface area contributed by atoms with Crippen molar-refractivity contribution in [2.24, 2.45) is 0 Å². The van der Waals surface area contributed by atoms with E-state index in [1.807, 2.05) is 54.9 Å². The summed E-state index contributed by atoms with van der Waals surface area (Å²) in [7, 11) is 0. The number of allylic oxidation sites excluding steroid dienone is 2. The maximum atomic E-state index is 12.7. The van der Waals surface area contributed by atoms with Gasteiger partial charge in [0.1, 0.15) is 0 Å². The van der Waals surface area contributed by atoms with Crippen molar-refractivity contribution in [3.05, 3.63) is 206 Å². The van der Waals surface area contributed by atoms with E-state index in [4.69, 9.17) is 0 Å². The average Bonchev–Trinajstić information content (AvgIpc) is 3.26. The number of hydrogen-bond acceptors (Lipinski definition) is 4. The van der Waals surface area contributed by atoms with Crippen LogP contribution in [-0.2, 0) is 11.2 Å². The fraction of sp³-hybridized carbons (Fsp3) is 0.0577. The highest BCUT2D eigenvalue weighted by Crippen LogP contribution is 2.41. The zero-order valence-electron chi connectivity index (χ0n) is 31.1. The van der Waals surface area contributed by atoms with Crippen LogP contribution in [0, 0.1) is 0 Å². The summed E-state index contributed by atoms with van der Waals surface area (Å²) in [6, 6.07) is 61.5. The maximum Gasteiger partial charge on any atom is 0.159 e. The number of aliphatic hydroxyl groups is 1. The minimum atomic E-state index is -0.0970. The summed E-state index contributed by atoms with van der Waals surface area (Å²) in [5.74, 6) is -0.0732. The topological polar surface area (TPSA) is 63.1 Å². The third-order valence-corrected chi connectivity index (χ3v) is 10.1. The van der Waals surface area contributed by atoms with E-state index in [1.165, 1.54) is 13.0 Å². The van der Waals surface area contributed by atoms with Crippen LogP contribution in [0.5, 0.6) is 0 Å². The standard InChI is InChI=1S/C52H40N2O2/c1-36(55)32-45(56)29-28-37-12-2-3-13-46(37)42-33-43(49-16-6-4-14-47(49)38-20-24-40(25-21-38)51-18-8-10-30-53-51)35-44(34-42)50-17-7-5-15-48(50)39-22-26-41(27-23-39)52-19-9-11-31-54-52/h2-27,30-35,55H,28-29H2,1H3/b36-32-. The van der Waals surface area contributed by atoms with Crippen LogP contribution >= 0.6 is 0 Å². The number of carbonyl (C=O) groups is 1. The molecule has 0 fully saturated rings. The summed E-state index contributed by atoms with van der Waals surface area (Å²) in [4.78, 5) is 21.8. The summed E-state index contributed by atoms with van der Waals surface area (Å²) in [6.07, 6.45) is 5.80. The first-order chi connectivity index (χ1) is 27.5. The first-order valence-electron chi connectivity index (χ1n) is 18.9. The highest BCUT2D eigenvalue weighted by atomic mass is 16.3. The lowest BCUT2D eigenvalue weighted by molar-refractivity contribution is -0.114. The number of hydrogen-bond donors (Lipinski definition) is 1. The zero-order chi connectivity index (χ0) is 38.3. The Bertz CT molecular complexity index is 2500. The average molecular weight is 725 g/mol. The van der Waals surface area contributed by atoms with Crippen LogP contribution in [0.25, 0.3) is 78.1 Å². The Balaban J connectivity index is 1.26. The molecule has 8 aromatic rings. The first kappa shape index (κ1) is 35.8. The van der Waals surface area contributed by atoms with E-state index in [0.717, 1.165) is 83.7 Å². The van der Waals surface area contributed by atoms with Gasteiger partial charge >= 0.3 is 0 Å². The molecule has 2 aromatic heterocycles. The Morgan fingerprint density at radius 1 is 0.464 bits per heavy atom. The third kappa shape index (κ3) is 8.01. The number of aryl methyl sites for hydroxylation is 1. The van der Waals surface area contributed by atoms with Crippen LogP contribution in [0.4, 0.5) is 0 Å². The molecule has 0 aliphatic heterocycles. The van der Waals surface area contributed by atoms with E-state index < -0.39 is 0 Å². The molecule has 0 radical (unpaired) electrons. The molecular weight excluding hydrogens is 685 g/mol. The Hall–Kier alpha value is -7.17. The quantitative estimate of drug-likeness (QED) is 0.107. The predicted octanol–water partition coefficient (Wildman–Crippen LogP) is 13.1. The van der Waals surface area contributed by atoms with Gasteiger partial charge in [-0.05, 0) is 117 Å². The number of benzene rings is 6. The molecule has 4 nitrogen and oxygen atoms in total. The second-order valence-electron chi connectivity index (χ2n) is 13.9. The molecule has 0 saturated heterocycles. The minimum Gasteiger partial charge on any atom is -0.512 e. The SMILES string of the molecule is C/C(O)=C/C(=O)CCc1ccccc1-c1cc(-c2ccccc2-c2ccc(-c3ccccn3)cc2)cc(-c2ccccc2-c2ccc(-c3ccccn3)cc2)c1. The Labute approximate surface area is 328 Å². The molecule has 0 amide bonds. The minimum absolute atomic E-state index is 0.0238. The van der Waals surface area contributed by atoms with Crippen LogP contribution < -0.4 is 0 Å². The van der Waals surface area contributed by atoms with Crippen LogP contribution in [0.15, 0.2) is 200 Å². The number of nitrogens with zero attached hydrogens (tertiary/aromatic N) is 2. The molecule has 270 valence electrons. The molecule has 0 aliphatic carbocycles. The summed E-state index contributed by atoms with van der Waals surface area (Å²) in [5, 5.41) is 9.71. The van der Waals surface area contributed by atoms with Gasteiger partial charge in [0.25, 0.3) is 0 Å². The van der Waals surface area contributed by atoms with Gasteiger partial charge in [-0.15, -0.1) is 0 Å². The van der Waals surface area contributed by atoms with Crippen LogP contribution in [0.3, 0.4) is 0 Å². The van der Waals surface area contributed by atoms with E-state index in [0.29, 0.717) is 12.8 Å². The fourth-order valence-corrected chi connectivity index (χ4v) is 7.36. The molecule has 0 saturated carbocycles. The zero-order valence-corrected chi connectivity index (χ0v) is 31.1. The van der Waals surface area contributed by atoms with Crippen LogP contribution in [0.2, 0.25) is 0 Å². The molecule has 1 N–H and O–H groups in total. The van der Waals surface area contributed by atoms with Gasteiger partial charge < -0.3 is 5.11 Å². The summed E-state index contributed by atoms with van der Waals surface area (Å²) in [6.45, 7) is 1.53. The van der Waals surface area contributed by atoms with Crippen molar-refractivity contribution in [3.8, 4) is 78.1 Å². The van der Waals surface area contributed by atoms with Crippen molar-refractivity contribution in [1.29, 1.82) is 0 Å². The normalized spacial score (nSPS) is 11.3. The summed E-state index contributed by atoms with van der Waals surface area (Å²) >= 11 is 0. The van der Waals surface area contributed by atoms with Gasteiger partial charge in [-0.2, -0.15) is 0 Å². The van der Waals surface area contributed by atoms with Gasteiger partial charge in [0, 0.05) is 36.0 Å². The molecule has 4 heteroatoms. The summed E-state index contributed by atoms with van der Waals surface area (Å²) in [5.41, 5.74) is 16.2. The van der Waals surface area contributed by atoms with Crippen molar-refractivity contribution in [2.45, 2.75) is 19.8 Å². The molecule has 56 heavy (non-hydrogen) atoms. The van der Waals surface area contributed by atoms with Gasteiger partial charge in [0.05, 0.1) is 17.1 Å². The van der Waals surface area contributed by atoms with Gasteiger partial charge in [-0.3, -0.25) is 14.8 Å². The van der Waals surface area contributed by atoms with Gasteiger partial charge in [0.2, 0.25) is 0 Å². The van der Waals surface area contributed by atoms with Gasteiger partial charge in [-0.1, -0.05) is 133 Å². The van der Waals surface area contributed by atoms with Gasteiger partial charge in [-0.25, -0.2) is 0 Å². The van der Waals surface area contributed by atoms with E-state index in [-0.39, 0.29) is 11.5 Å². The lowest BCUT2D eigenvalue weighted by atomic mass is 9.86. The number of pyridine rings is 2. The summed E-state index contributed by atoms with van der Waals surface area (Å²) < 4.78 is 0. The molecule has 0 atom stereocenters. The molecule has 2 heterocycles. The lowest BCUT2D eigenvalue weighted by Crippen LogP contribution is -1.99. The monoisotopic (exact) mass is 724 g/mol. The lowest BCUT2D eigenvalue weighted by Gasteiger charge is -2.18. The smallest absolute Gasteiger partial charge is 0.159 e. The van der Waals surface area contributed by atoms with Crippen molar-refractivity contribution in [3.63, 3.8) is 0 Å². The van der Waals surface area contributed by atoms with Crippen molar-refractivity contribution >= 4 is 5.78 Å². The highest BCUT2D eigenvalue weighted by molar-refractivity contribution is 5.93. The molecular formula is C52H40N2O2. The van der Waals surface area contributed by atoms with E-state index >= 15 is 0 Å². The second kappa shape index (κ2) is 16.5. The highest BCUT2D eigenvalue weighted by Gasteiger charge is 2.16. The van der Waals surface area contributed by atoms with Crippen LogP contribution in [0.1, 0.15) is 18.9 Å². The number of aliphatic hydroxyl groups excluding tert-OH is 1. The molecule has 0 unspecified atom stereocenters. The Kier molecular flexibility index (Phi) is 10.5. The molecule has 0 spiro atoms. The predicted molar refractivity (Wildman–Crippen MR) is 230 cm³/mol. The van der Waals surface area contributed by atoms with E-state index in [9.17, 15) is 9.90 Å². The van der Waals surface area contributed by atoms with Crippen LogP contribution in [-0.4, -0.2) is 20.9 Å².